The number of rotatable bonds is 2. The van der Waals surface area contributed by atoms with Crippen molar-refractivity contribution in [2.75, 3.05) is 0 Å². The van der Waals surface area contributed by atoms with E-state index in [1.807, 2.05) is 0 Å². The number of carbonyl (C=O) groups excluding carboxylic acids is 2. The number of ether oxygens (including phenoxy) is 2. The molecule has 0 bridgehead atoms. The second kappa shape index (κ2) is 5.25. The summed E-state index contributed by atoms with van der Waals surface area (Å²) in [6.45, 7) is 0. The standard InChI is InChI=1S/C15H13NO6/c17-13-12(9-10-4-3-5-11(8-10)16(19)20)14(18)22-15(21-13)6-1-2-7-15/h3-5,8-9H,1-2,6-7H2. The van der Waals surface area contributed by atoms with Crippen LogP contribution < -0.4 is 0 Å². The summed E-state index contributed by atoms with van der Waals surface area (Å²) in [4.78, 5) is 34.3. The largest absolute Gasteiger partial charge is 0.419 e. The van der Waals surface area contributed by atoms with E-state index >= 15 is 0 Å². The Bertz CT molecular complexity index is 665. The first-order valence-electron chi connectivity index (χ1n) is 6.92. The van der Waals surface area contributed by atoms with Crippen LogP contribution in [-0.2, 0) is 19.1 Å². The molecule has 1 aliphatic heterocycles. The van der Waals surface area contributed by atoms with Crippen LogP contribution in [0.3, 0.4) is 0 Å². The molecule has 2 fully saturated rings. The van der Waals surface area contributed by atoms with Crippen molar-refractivity contribution in [1.29, 1.82) is 0 Å². The van der Waals surface area contributed by atoms with E-state index in [-0.39, 0.29) is 11.3 Å². The zero-order chi connectivity index (χ0) is 15.7. The zero-order valence-electron chi connectivity index (χ0n) is 11.6. The first kappa shape index (κ1) is 14.2. The molecule has 0 radical (unpaired) electrons. The van der Waals surface area contributed by atoms with Crippen molar-refractivity contribution < 1.29 is 24.0 Å². The van der Waals surface area contributed by atoms with Gasteiger partial charge in [0, 0.05) is 25.0 Å². The second-order valence-corrected chi connectivity index (χ2v) is 5.31. The molecule has 114 valence electrons. The first-order chi connectivity index (χ1) is 10.5. The lowest BCUT2D eigenvalue weighted by Gasteiger charge is -2.32. The van der Waals surface area contributed by atoms with Gasteiger partial charge in [-0.25, -0.2) is 9.59 Å². The predicted molar refractivity (Wildman–Crippen MR) is 74.5 cm³/mol. The minimum Gasteiger partial charge on any atom is -0.419 e. The van der Waals surface area contributed by atoms with Crippen molar-refractivity contribution in [2.24, 2.45) is 0 Å². The number of hydrogen-bond donors (Lipinski definition) is 0. The third kappa shape index (κ3) is 2.57. The Labute approximate surface area is 125 Å². The number of nitro benzene ring substituents is 1. The summed E-state index contributed by atoms with van der Waals surface area (Å²) in [5, 5.41) is 10.7. The monoisotopic (exact) mass is 303 g/mol. The number of hydrogen-bond acceptors (Lipinski definition) is 6. The minimum atomic E-state index is -1.12. The quantitative estimate of drug-likeness (QED) is 0.273. The van der Waals surface area contributed by atoms with Crippen molar-refractivity contribution in [3.8, 4) is 0 Å². The SMILES string of the molecule is O=C1OC2(CCCC2)OC(=O)C1=Cc1cccc([N+](=O)[O-])c1. The van der Waals surface area contributed by atoms with E-state index < -0.39 is 22.6 Å². The molecule has 0 N–H and O–H groups in total. The minimum absolute atomic E-state index is 0.126. The lowest BCUT2D eigenvalue weighted by molar-refractivity contribution is -0.384. The molecule has 22 heavy (non-hydrogen) atoms. The molecule has 0 aromatic heterocycles. The Morgan fingerprint density at radius 1 is 1.14 bits per heavy atom. The molecule has 0 atom stereocenters. The molecule has 2 aliphatic rings. The van der Waals surface area contributed by atoms with Crippen LogP contribution in [0, 0.1) is 10.1 Å². The molecule has 1 heterocycles. The number of nitro groups is 1. The average molecular weight is 303 g/mol. The molecule has 0 unspecified atom stereocenters. The van der Waals surface area contributed by atoms with E-state index in [0.29, 0.717) is 18.4 Å². The fourth-order valence-electron chi connectivity index (χ4n) is 2.68. The third-order valence-corrected chi connectivity index (χ3v) is 3.75. The normalized spacial score (nSPS) is 19.7. The van der Waals surface area contributed by atoms with E-state index in [9.17, 15) is 19.7 Å². The molecule has 1 saturated heterocycles. The number of benzene rings is 1. The summed E-state index contributed by atoms with van der Waals surface area (Å²) in [6, 6.07) is 5.63. The Hall–Kier alpha value is -2.70. The molecule has 1 aromatic rings. The highest BCUT2D eigenvalue weighted by Gasteiger charge is 2.47. The fraction of sp³-hybridized carbons (Fsp3) is 0.333. The van der Waals surface area contributed by atoms with Gasteiger partial charge in [-0.15, -0.1) is 0 Å². The van der Waals surface area contributed by atoms with Gasteiger partial charge >= 0.3 is 11.9 Å². The lowest BCUT2D eigenvalue weighted by atomic mass is 10.1. The highest BCUT2D eigenvalue weighted by Crippen LogP contribution is 2.38. The third-order valence-electron chi connectivity index (χ3n) is 3.75. The zero-order valence-corrected chi connectivity index (χ0v) is 11.6. The predicted octanol–water partition coefficient (Wildman–Crippen LogP) is 2.35. The van der Waals surface area contributed by atoms with Gasteiger partial charge in [-0.2, -0.15) is 0 Å². The Balaban J connectivity index is 1.88. The first-order valence-corrected chi connectivity index (χ1v) is 6.92. The van der Waals surface area contributed by atoms with Crippen LogP contribution in [0.15, 0.2) is 29.8 Å². The molecule has 1 aliphatic carbocycles. The maximum absolute atomic E-state index is 12.1. The maximum atomic E-state index is 12.1. The van der Waals surface area contributed by atoms with Gasteiger partial charge in [0.1, 0.15) is 5.57 Å². The van der Waals surface area contributed by atoms with Crippen molar-refractivity contribution in [3.63, 3.8) is 0 Å². The highest BCUT2D eigenvalue weighted by atomic mass is 16.7. The fourth-order valence-corrected chi connectivity index (χ4v) is 2.68. The van der Waals surface area contributed by atoms with Gasteiger partial charge in [-0.1, -0.05) is 12.1 Å². The van der Waals surface area contributed by atoms with E-state index in [2.05, 4.69) is 0 Å². The summed E-state index contributed by atoms with van der Waals surface area (Å²) in [5.74, 6) is -2.61. The number of carbonyl (C=O) groups is 2. The smallest absolute Gasteiger partial charge is 0.348 e. The molecule has 7 heteroatoms. The molecular formula is C15H13NO6. The van der Waals surface area contributed by atoms with Gasteiger partial charge in [-0.05, 0) is 24.5 Å². The van der Waals surface area contributed by atoms with Crippen LogP contribution in [0.25, 0.3) is 6.08 Å². The Morgan fingerprint density at radius 2 is 1.77 bits per heavy atom. The number of nitrogens with zero attached hydrogens (tertiary/aromatic N) is 1. The van der Waals surface area contributed by atoms with Crippen LogP contribution >= 0.6 is 0 Å². The van der Waals surface area contributed by atoms with Gasteiger partial charge in [0.05, 0.1) is 4.92 Å². The highest BCUT2D eigenvalue weighted by molar-refractivity contribution is 6.18. The topological polar surface area (TPSA) is 95.7 Å². The molecule has 7 nitrogen and oxygen atoms in total. The average Bonchev–Trinajstić information content (AvgIpc) is 2.91. The molecule has 1 saturated carbocycles. The number of esters is 2. The summed E-state index contributed by atoms with van der Waals surface area (Å²) >= 11 is 0. The van der Waals surface area contributed by atoms with Crippen LogP contribution in [0.2, 0.25) is 0 Å². The maximum Gasteiger partial charge on any atom is 0.348 e. The molecule has 1 aromatic carbocycles. The summed E-state index contributed by atoms with van der Waals surface area (Å²) in [6.07, 6.45) is 3.94. The molecular weight excluding hydrogens is 290 g/mol. The van der Waals surface area contributed by atoms with Gasteiger partial charge in [-0.3, -0.25) is 10.1 Å². The van der Waals surface area contributed by atoms with Gasteiger partial charge in [0.25, 0.3) is 11.5 Å². The van der Waals surface area contributed by atoms with Crippen LogP contribution in [0.4, 0.5) is 5.69 Å². The van der Waals surface area contributed by atoms with Crippen molar-refractivity contribution >= 4 is 23.7 Å². The number of non-ortho nitro benzene ring substituents is 1. The van der Waals surface area contributed by atoms with E-state index in [4.69, 9.17) is 9.47 Å². The van der Waals surface area contributed by atoms with Crippen molar-refractivity contribution in [2.45, 2.75) is 31.5 Å². The summed E-state index contributed by atoms with van der Waals surface area (Å²) in [5.41, 5.74) is -0.0161. The van der Waals surface area contributed by atoms with Crippen molar-refractivity contribution in [1.82, 2.24) is 0 Å². The van der Waals surface area contributed by atoms with E-state index in [0.717, 1.165) is 12.8 Å². The van der Waals surface area contributed by atoms with Gasteiger partial charge in [0.15, 0.2) is 0 Å². The second-order valence-electron chi connectivity index (χ2n) is 5.31. The van der Waals surface area contributed by atoms with Crippen molar-refractivity contribution in [3.05, 3.63) is 45.5 Å². The van der Waals surface area contributed by atoms with E-state index in [1.165, 1.54) is 24.3 Å². The Kier molecular flexibility index (Phi) is 3.40. The van der Waals surface area contributed by atoms with Gasteiger partial charge < -0.3 is 9.47 Å². The molecule has 3 rings (SSSR count). The van der Waals surface area contributed by atoms with E-state index in [1.54, 1.807) is 6.07 Å². The Morgan fingerprint density at radius 3 is 2.36 bits per heavy atom. The van der Waals surface area contributed by atoms with Crippen LogP contribution in [0.5, 0.6) is 0 Å². The molecule has 1 spiro atoms. The van der Waals surface area contributed by atoms with Crippen LogP contribution in [-0.4, -0.2) is 22.6 Å². The lowest BCUT2D eigenvalue weighted by Crippen LogP contribution is -2.44. The van der Waals surface area contributed by atoms with Gasteiger partial charge in [0.2, 0.25) is 0 Å². The summed E-state index contributed by atoms with van der Waals surface area (Å²) in [7, 11) is 0. The molecule has 0 amide bonds. The summed E-state index contributed by atoms with van der Waals surface area (Å²) < 4.78 is 10.6. The van der Waals surface area contributed by atoms with Crippen LogP contribution in [0.1, 0.15) is 31.2 Å².